The molecule has 2 aromatic carbocycles. The van der Waals surface area contributed by atoms with Gasteiger partial charge in [0.1, 0.15) is 6.54 Å². The Morgan fingerprint density at radius 3 is 2.28 bits per heavy atom. The molecule has 1 amide bonds. The number of esters is 2. The molecule has 36 heavy (non-hydrogen) atoms. The van der Waals surface area contributed by atoms with Crippen molar-refractivity contribution in [3.63, 3.8) is 0 Å². The molecule has 1 heterocycles. The first-order chi connectivity index (χ1) is 17.5. The minimum atomic E-state index is -0.828. The number of carbonyl (C=O) groups excluding carboxylic acids is 3. The lowest BCUT2D eigenvalue weighted by atomic mass is 10.1. The third kappa shape index (κ3) is 6.78. The highest BCUT2D eigenvalue weighted by Crippen LogP contribution is 2.17. The smallest absolute Gasteiger partial charge is 0.359 e. The number of hydrogen-bond donors (Lipinski definition) is 0. The highest BCUT2D eigenvalue weighted by atomic mass is 16.5. The van der Waals surface area contributed by atoms with E-state index in [1.165, 1.54) is 9.58 Å². The quantitative estimate of drug-likeness (QED) is 0.279. The molecule has 0 unspecified atom stereocenters. The van der Waals surface area contributed by atoms with Gasteiger partial charge in [-0.25, -0.2) is 9.48 Å². The number of carbonyl (C=O) groups is 3. The maximum absolute atomic E-state index is 13.0. The molecular weight excluding hydrogens is 462 g/mol. The predicted octanol–water partition coefficient (Wildman–Crippen LogP) is 3.73. The zero-order valence-corrected chi connectivity index (χ0v) is 20.6. The molecule has 3 rings (SSSR count). The van der Waals surface area contributed by atoms with E-state index in [1.807, 2.05) is 0 Å². The molecular formula is C27H31N3O6. The summed E-state index contributed by atoms with van der Waals surface area (Å²) in [6.45, 7) is 3.40. The molecule has 9 nitrogen and oxygen atoms in total. The molecule has 0 aliphatic carbocycles. The van der Waals surface area contributed by atoms with E-state index >= 15 is 0 Å². The van der Waals surface area contributed by atoms with Crippen LogP contribution in [0.1, 0.15) is 50.0 Å². The van der Waals surface area contributed by atoms with Crippen LogP contribution >= 0.6 is 0 Å². The van der Waals surface area contributed by atoms with Crippen LogP contribution in [0.15, 0.2) is 59.4 Å². The third-order valence-corrected chi connectivity index (χ3v) is 5.57. The summed E-state index contributed by atoms with van der Waals surface area (Å²) in [5.41, 5.74) is 0.153. The van der Waals surface area contributed by atoms with E-state index in [-0.39, 0.29) is 24.4 Å². The van der Waals surface area contributed by atoms with Crippen molar-refractivity contribution < 1.29 is 23.9 Å². The van der Waals surface area contributed by atoms with Gasteiger partial charge in [-0.1, -0.05) is 62.6 Å². The Bertz CT molecular complexity index is 1260. The van der Waals surface area contributed by atoms with Gasteiger partial charge in [0.05, 0.1) is 12.0 Å². The summed E-state index contributed by atoms with van der Waals surface area (Å²) in [6.07, 6.45) is 3.80. The lowest BCUT2D eigenvalue weighted by molar-refractivity contribution is -0.142. The Hall–Kier alpha value is -4.01. The van der Waals surface area contributed by atoms with Crippen molar-refractivity contribution in [2.24, 2.45) is 0 Å². The summed E-state index contributed by atoms with van der Waals surface area (Å²) in [5.74, 6) is -2.00. The summed E-state index contributed by atoms with van der Waals surface area (Å²) in [6, 6.07) is 15.3. The Balaban J connectivity index is 1.81. The van der Waals surface area contributed by atoms with Crippen LogP contribution in [0, 0.1) is 0 Å². The average molecular weight is 494 g/mol. The lowest BCUT2D eigenvalue weighted by Gasteiger charge is -2.21. The summed E-state index contributed by atoms with van der Waals surface area (Å²) in [7, 11) is 0. The summed E-state index contributed by atoms with van der Waals surface area (Å²) >= 11 is 0. The molecule has 0 atom stereocenters. The summed E-state index contributed by atoms with van der Waals surface area (Å²) < 4.78 is 11.6. The van der Waals surface area contributed by atoms with Crippen LogP contribution < -0.4 is 10.5 Å². The Labute approximate surface area is 209 Å². The summed E-state index contributed by atoms with van der Waals surface area (Å²) in [4.78, 5) is 52.1. The molecule has 0 saturated heterocycles. The minimum absolute atomic E-state index is 0.0369. The van der Waals surface area contributed by atoms with Gasteiger partial charge in [0.25, 0.3) is 11.5 Å². The first-order valence-corrected chi connectivity index (χ1v) is 12.1. The first-order valence-electron chi connectivity index (χ1n) is 12.1. The number of nitrogens with zero attached hydrogens (tertiary/aromatic N) is 3. The van der Waals surface area contributed by atoms with E-state index in [4.69, 9.17) is 9.47 Å². The maximum Gasteiger partial charge on any atom is 0.359 e. The Kier molecular flexibility index (Phi) is 9.73. The van der Waals surface area contributed by atoms with Crippen LogP contribution in [0.25, 0.3) is 10.8 Å². The van der Waals surface area contributed by atoms with Crippen molar-refractivity contribution in [3.05, 3.63) is 70.6 Å². The average Bonchev–Trinajstić information content (AvgIpc) is 2.90. The number of para-hydroxylation sites is 1. The predicted molar refractivity (Wildman–Crippen MR) is 136 cm³/mol. The van der Waals surface area contributed by atoms with E-state index in [9.17, 15) is 19.2 Å². The van der Waals surface area contributed by atoms with Crippen LogP contribution in [0.4, 0.5) is 5.69 Å². The minimum Gasteiger partial charge on any atom is -0.465 e. The largest absolute Gasteiger partial charge is 0.465 e. The highest BCUT2D eigenvalue weighted by Gasteiger charge is 2.23. The fourth-order valence-electron chi connectivity index (χ4n) is 3.77. The van der Waals surface area contributed by atoms with Gasteiger partial charge in [0.2, 0.25) is 0 Å². The van der Waals surface area contributed by atoms with Gasteiger partial charge in [-0.15, -0.1) is 0 Å². The fourth-order valence-corrected chi connectivity index (χ4v) is 3.77. The van der Waals surface area contributed by atoms with Crippen molar-refractivity contribution in [2.45, 2.75) is 46.1 Å². The fraction of sp³-hybridized carbons (Fsp3) is 0.370. The molecule has 0 fully saturated rings. The zero-order chi connectivity index (χ0) is 25.9. The molecule has 1 aromatic heterocycles. The third-order valence-electron chi connectivity index (χ3n) is 5.57. The molecule has 0 bridgehead atoms. The second-order valence-electron chi connectivity index (χ2n) is 8.18. The van der Waals surface area contributed by atoms with Crippen LogP contribution in [0.2, 0.25) is 0 Å². The number of aromatic nitrogens is 2. The van der Waals surface area contributed by atoms with Gasteiger partial charge >= 0.3 is 11.9 Å². The van der Waals surface area contributed by atoms with Crippen LogP contribution in [-0.2, 0) is 25.6 Å². The topological polar surface area (TPSA) is 108 Å². The molecule has 0 aliphatic heterocycles. The molecule has 190 valence electrons. The van der Waals surface area contributed by atoms with E-state index in [2.05, 4.69) is 12.0 Å². The molecule has 3 aromatic rings. The molecule has 0 N–H and O–H groups in total. The van der Waals surface area contributed by atoms with Crippen molar-refractivity contribution in [1.29, 1.82) is 0 Å². The van der Waals surface area contributed by atoms with E-state index in [0.717, 1.165) is 25.7 Å². The van der Waals surface area contributed by atoms with Gasteiger partial charge in [-0.05, 0) is 31.5 Å². The van der Waals surface area contributed by atoms with Crippen molar-refractivity contribution in [3.8, 4) is 0 Å². The van der Waals surface area contributed by atoms with Gasteiger partial charge in [-0.3, -0.25) is 19.3 Å². The number of rotatable bonds is 12. The monoisotopic (exact) mass is 493 g/mol. The normalized spacial score (nSPS) is 10.7. The van der Waals surface area contributed by atoms with Crippen LogP contribution in [-0.4, -0.2) is 47.4 Å². The van der Waals surface area contributed by atoms with Gasteiger partial charge in [0, 0.05) is 17.6 Å². The standard InChI is InChI=1S/C27H31N3O6/c1-3-5-6-12-17-30-26(33)22-16-11-10-15-21(22)25(28-30)27(34)36-19-23(31)29(18-24(32)35-4-2)20-13-8-7-9-14-20/h7-11,13-16H,3-6,12,17-19H2,1-2H3. The van der Waals surface area contributed by atoms with E-state index < -0.39 is 24.5 Å². The number of fused-ring (bicyclic) bond motifs is 1. The summed E-state index contributed by atoms with van der Waals surface area (Å²) in [5, 5.41) is 5.00. The lowest BCUT2D eigenvalue weighted by Crippen LogP contribution is -2.39. The first kappa shape index (κ1) is 26.6. The molecule has 0 aliphatic rings. The maximum atomic E-state index is 13.0. The molecule has 0 radical (unpaired) electrons. The number of anilines is 1. The van der Waals surface area contributed by atoms with Crippen molar-refractivity contribution in [1.82, 2.24) is 9.78 Å². The van der Waals surface area contributed by atoms with Gasteiger partial charge in [-0.2, -0.15) is 5.10 Å². The zero-order valence-electron chi connectivity index (χ0n) is 20.6. The van der Waals surface area contributed by atoms with Crippen molar-refractivity contribution >= 4 is 34.3 Å². The highest BCUT2D eigenvalue weighted by molar-refractivity contribution is 6.04. The van der Waals surface area contributed by atoms with E-state index in [1.54, 1.807) is 61.5 Å². The second-order valence-corrected chi connectivity index (χ2v) is 8.18. The molecule has 9 heteroatoms. The second kappa shape index (κ2) is 13.2. The number of unbranched alkanes of at least 4 members (excludes halogenated alkanes) is 3. The van der Waals surface area contributed by atoms with Gasteiger partial charge < -0.3 is 9.47 Å². The number of ether oxygens (including phenoxy) is 2. The SMILES string of the molecule is CCCCCCn1nc(C(=O)OCC(=O)N(CC(=O)OCC)c2ccccc2)c2ccccc2c1=O. The van der Waals surface area contributed by atoms with E-state index in [0.29, 0.717) is 23.0 Å². The number of amides is 1. The molecule has 0 saturated carbocycles. The van der Waals surface area contributed by atoms with Crippen molar-refractivity contribution in [2.75, 3.05) is 24.7 Å². The van der Waals surface area contributed by atoms with Crippen LogP contribution in [0.5, 0.6) is 0 Å². The van der Waals surface area contributed by atoms with Crippen LogP contribution in [0.3, 0.4) is 0 Å². The number of aryl methyl sites for hydroxylation is 1. The Morgan fingerprint density at radius 2 is 1.58 bits per heavy atom. The number of hydrogen-bond acceptors (Lipinski definition) is 7. The number of benzene rings is 2. The Morgan fingerprint density at radius 1 is 0.889 bits per heavy atom. The molecule has 0 spiro atoms. The van der Waals surface area contributed by atoms with Gasteiger partial charge in [0.15, 0.2) is 12.3 Å².